The van der Waals surface area contributed by atoms with Crippen LogP contribution < -0.4 is 16.2 Å². The molecule has 0 unspecified atom stereocenters. The predicted molar refractivity (Wildman–Crippen MR) is 294 cm³/mol. The Morgan fingerprint density at radius 3 is 1.76 bits per heavy atom. The zero-order chi connectivity index (χ0) is 47.2. The Hall–Kier alpha value is -8.22. The lowest BCUT2D eigenvalue weighted by atomic mass is 9.58. The first kappa shape index (κ1) is 40.8. The second-order valence-electron chi connectivity index (χ2n) is 21.2. The molecule has 0 spiro atoms. The van der Waals surface area contributed by atoms with Crippen LogP contribution in [0.25, 0.3) is 116 Å². The van der Waals surface area contributed by atoms with E-state index in [4.69, 9.17) is 13.3 Å². The molecule has 0 saturated heterocycles. The number of rotatable bonds is 5. The Kier molecular flexibility index (Phi) is 8.54. The Morgan fingerprint density at radius 2 is 1.03 bits per heavy atom. The Labute approximate surface area is 406 Å². The number of benzene rings is 9. The van der Waals surface area contributed by atoms with Crippen molar-refractivity contribution in [3.63, 3.8) is 0 Å². The van der Waals surface area contributed by atoms with E-state index in [0.29, 0.717) is 0 Å². The van der Waals surface area contributed by atoms with Gasteiger partial charge in [-0.1, -0.05) is 168 Å². The van der Waals surface area contributed by atoms with Crippen LogP contribution in [0.3, 0.4) is 0 Å². The third-order valence-electron chi connectivity index (χ3n) is 14.7. The summed E-state index contributed by atoms with van der Waals surface area (Å²) in [6.45, 7) is 13.5. The van der Waals surface area contributed by atoms with Gasteiger partial charge < -0.3 is 23.1 Å². The van der Waals surface area contributed by atoms with Gasteiger partial charge in [0.25, 0.3) is 0 Å². The number of hydrogen-bond donors (Lipinski definition) is 1. The van der Waals surface area contributed by atoms with E-state index in [1.54, 1.807) is 0 Å². The summed E-state index contributed by atoms with van der Waals surface area (Å²) >= 11 is 0. The molecule has 1 aliphatic heterocycles. The van der Waals surface area contributed by atoms with E-state index in [1.165, 1.54) is 11.1 Å². The highest BCUT2D eigenvalue weighted by Gasteiger charge is 2.30. The molecule has 335 valence electrons. The second kappa shape index (κ2) is 14.6. The molecule has 4 aromatic heterocycles. The molecule has 6 heteroatoms. The van der Waals surface area contributed by atoms with Crippen molar-refractivity contribution in [2.75, 3.05) is 5.32 Å². The van der Waals surface area contributed by atoms with Gasteiger partial charge in [0.15, 0.2) is 7.28 Å². The number of fused-ring (bicyclic) bond motifs is 12. The van der Waals surface area contributed by atoms with Crippen molar-refractivity contribution in [2.24, 2.45) is 0 Å². The first-order valence-corrected chi connectivity index (χ1v) is 24.3. The fraction of sp³-hybridized carbons (Fsp3) is 0.125. The van der Waals surface area contributed by atoms with Crippen LogP contribution in [0, 0.1) is 0 Å². The second-order valence-corrected chi connectivity index (χ2v) is 21.2. The number of nitrogens with zero attached hydrogens (tertiary/aromatic N) is 1. The lowest BCUT2D eigenvalue weighted by Crippen LogP contribution is -2.37. The molecule has 0 saturated carbocycles. The molecule has 1 N–H and O–H groups in total. The van der Waals surface area contributed by atoms with Gasteiger partial charge in [0.1, 0.15) is 33.9 Å². The molecule has 0 bridgehead atoms. The molecule has 1 radical (unpaired) electrons. The van der Waals surface area contributed by atoms with Gasteiger partial charge in [-0.15, -0.1) is 0 Å². The first-order valence-electron chi connectivity index (χ1n) is 24.3. The molecule has 13 aromatic rings. The summed E-state index contributed by atoms with van der Waals surface area (Å²) in [5.74, 6) is 1.71. The third-order valence-corrected chi connectivity index (χ3v) is 14.7. The summed E-state index contributed by atoms with van der Waals surface area (Å²) in [6.07, 6.45) is 0. The van der Waals surface area contributed by atoms with E-state index in [0.717, 1.165) is 138 Å². The molecule has 14 rings (SSSR count). The third kappa shape index (κ3) is 6.18. The monoisotopic (exact) mass is 903 g/mol. The number of anilines is 2. The minimum atomic E-state index is -0.0183. The largest absolute Gasteiger partial charge is 0.456 e. The van der Waals surface area contributed by atoms with Crippen LogP contribution in [0.4, 0.5) is 11.4 Å². The van der Waals surface area contributed by atoms with Crippen molar-refractivity contribution >= 4 is 106 Å². The van der Waals surface area contributed by atoms with Crippen LogP contribution in [-0.4, -0.2) is 11.8 Å². The molecule has 5 nitrogen and oxygen atoms in total. The normalized spacial score (nSPS) is 12.8. The quantitative estimate of drug-likeness (QED) is 0.175. The van der Waals surface area contributed by atoms with Gasteiger partial charge in [0.2, 0.25) is 0 Å². The Balaban J connectivity index is 1.07. The molecule has 0 fully saturated rings. The number of nitrogens with one attached hydrogen (secondary N) is 1. The Bertz CT molecular complexity index is 4290. The molecular formula is C64H48BN2O3. The fourth-order valence-electron chi connectivity index (χ4n) is 11.1. The van der Waals surface area contributed by atoms with E-state index in [-0.39, 0.29) is 10.8 Å². The van der Waals surface area contributed by atoms with Gasteiger partial charge in [-0.3, -0.25) is 0 Å². The molecule has 0 amide bonds. The molecule has 1 aliphatic rings. The first-order chi connectivity index (χ1) is 33.9. The average Bonchev–Trinajstić information content (AvgIpc) is 4.12. The van der Waals surface area contributed by atoms with E-state index in [1.807, 2.05) is 6.07 Å². The maximum Gasteiger partial charge on any atom is 0.197 e. The topological polar surface area (TPSA) is 56.4 Å². The maximum absolute atomic E-state index is 7.00. The van der Waals surface area contributed by atoms with E-state index in [2.05, 4.69) is 229 Å². The van der Waals surface area contributed by atoms with Gasteiger partial charge >= 0.3 is 0 Å². The summed E-state index contributed by atoms with van der Waals surface area (Å²) < 4.78 is 22.9. The van der Waals surface area contributed by atoms with Crippen LogP contribution in [0.5, 0.6) is 0 Å². The highest BCUT2D eigenvalue weighted by atomic mass is 16.3. The van der Waals surface area contributed by atoms with Gasteiger partial charge in [-0.2, -0.15) is 0 Å². The smallest absolute Gasteiger partial charge is 0.197 e. The van der Waals surface area contributed by atoms with Gasteiger partial charge in [0.05, 0.1) is 11.2 Å². The zero-order valence-electron chi connectivity index (χ0n) is 40.0. The highest BCUT2D eigenvalue weighted by molar-refractivity contribution is 6.73. The highest BCUT2D eigenvalue weighted by Crippen LogP contribution is 2.46. The SMILES string of the molecule is CC(C)(C)c1ccc(Nc2cc3oc4cc(C(C)(C)C)ccc4c3cc2-c2ccc3c4cc5oc6ccccc6c5cc4n4c3c2[B]c2cc3c(-c5ccccc5)oc(-c5ccccc5)c3cc2-4)cc1. The zero-order valence-corrected chi connectivity index (χ0v) is 40.0. The maximum atomic E-state index is 7.00. The summed E-state index contributed by atoms with van der Waals surface area (Å²) in [5.41, 5.74) is 17.9. The minimum absolute atomic E-state index is 0.0183. The number of furan rings is 3. The lowest BCUT2D eigenvalue weighted by molar-refractivity contribution is 0.587. The Morgan fingerprint density at radius 1 is 0.429 bits per heavy atom. The van der Waals surface area contributed by atoms with Crippen molar-refractivity contribution in [1.29, 1.82) is 0 Å². The van der Waals surface area contributed by atoms with Crippen LogP contribution in [0.15, 0.2) is 189 Å². The van der Waals surface area contributed by atoms with Crippen molar-refractivity contribution in [3.8, 4) is 39.5 Å². The predicted octanol–water partition coefficient (Wildman–Crippen LogP) is 16.6. The van der Waals surface area contributed by atoms with Crippen molar-refractivity contribution in [2.45, 2.75) is 52.4 Å². The van der Waals surface area contributed by atoms with Crippen molar-refractivity contribution in [3.05, 3.63) is 187 Å². The van der Waals surface area contributed by atoms with Gasteiger partial charge in [0, 0.05) is 82.7 Å². The van der Waals surface area contributed by atoms with Gasteiger partial charge in [-0.25, -0.2) is 0 Å². The molecule has 0 aliphatic carbocycles. The van der Waals surface area contributed by atoms with E-state index >= 15 is 0 Å². The average molecular weight is 904 g/mol. The molecule has 70 heavy (non-hydrogen) atoms. The lowest BCUT2D eigenvalue weighted by Gasteiger charge is -2.24. The van der Waals surface area contributed by atoms with Crippen LogP contribution in [-0.2, 0) is 10.8 Å². The minimum Gasteiger partial charge on any atom is -0.456 e. The molecular weight excluding hydrogens is 856 g/mol. The molecule has 9 aromatic carbocycles. The van der Waals surface area contributed by atoms with E-state index < -0.39 is 0 Å². The van der Waals surface area contributed by atoms with Crippen LogP contribution >= 0.6 is 0 Å². The molecule has 5 heterocycles. The van der Waals surface area contributed by atoms with Crippen molar-refractivity contribution < 1.29 is 13.3 Å². The number of hydrogen-bond acceptors (Lipinski definition) is 4. The molecule has 0 atom stereocenters. The summed E-state index contributed by atoms with van der Waals surface area (Å²) in [4.78, 5) is 0. The summed E-state index contributed by atoms with van der Waals surface area (Å²) in [6, 6.07) is 63.4. The number of aromatic nitrogens is 1. The standard InChI is InChI=1S/C64H48BN2O3/c1-63(2,3)38-21-24-40(25-22-38)66-52-35-58-47(42-26-23-39(64(4,5)6)29-56(42)69-58)30-45(52)43-27-28-44-46-34-57-48(41-19-13-14-20-55(41)68-57)32-53(46)67-54-33-50-49(31-51(54)65-59(43)60(44)67)61(36-15-9-7-10-16-36)70-62(50)37-17-11-8-12-18-37/h7-35,66H,1-6H3. The summed E-state index contributed by atoms with van der Waals surface area (Å²) in [7, 11) is 2.41. The van der Waals surface area contributed by atoms with Crippen LogP contribution in [0.2, 0.25) is 0 Å². The van der Waals surface area contributed by atoms with Gasteiger partial charge in [-0.05, 0) is 81.5 Å². The van der Waals surface area contributed by atoms with E-state index in [9.17, 15) is 0 Å². The van der Waals surface area contributed by atoms with Crippen molar-refractivity contribution in [1.82, 2.24) is 4.57 Å². The fourth-order valence-corrected chi connectivity index (χ4v) is 11.1. The summed E-state index contributed by atoms with van der Waals surface area (Å²) in [5, 5.41) is 12.7. The number of para-hydroxylation sites is 1. The van der Waals surface area contributed by atoms with Crippen LogP contribution in [0.1, 0.15) is 52.7 Å².